The molecule has 0 aliphatic heterocycles. The number of carboxylic acid groups (broad SMARTS) is 1. The Labute approximate surface area is 128 Å². The Balaban J connectivity index is 3.03. The largest absolute Gasteiger partial charge is 0.480 e. The number of hydrogen-bond acceptors (Lipinski definition) is 6. The molecule has 0 fully saturated rings. The standard InChI is InChI=1S/C13H19NO7S/c1-4-5-6-10(12(15)16)14-22(18,19)11-7-9(8(2)21-11)13(17)20-3/h7,10,14H,4-6H2,1-3H3,(H,15,16). The molecule has 1 aromatic rings. The van der Waals surface area contributed by atoms with Crippen LogP contribution in [0.2, 0.25) is 0 Å². The summed E-state index contributed by atoms with van der Waals surface area (Å²) in [4.78, 5) is 22.6. The molecule has 9 heteroatoms. The van der Waals surface area contributed by atoms with E-state index < -0.39 is 33.1 Å². The van der Waals surface area contributed by atoms with Crippen LogP contribution in [0.4, 0.5) is 0 Å². The first kappa shape index (κ1) is 18.2. The number of sulfonamides is 1. The van der Waals surface area contributed by atoms with Gasteiger partial charge in [-0.2, -0.15) is 4.72 Å². The number of methoxy groups -OCH3 is 1. The zero-order valence-corrected chi connectivity index (χ0v) is 13.4. The summed E-state index contributed by atoms with van der Waals surface area (Å²) < 4.78 is 36.0. The van der Waals surface area contributed by atoms with Crippen LogP contribution in [0.15, 0.2) is 15.6 Å². The third-order valence-corrected chi connectivity index (χ3v) is 4.33. The fourth-order valence-corrected chi connectivity index (χ4v) is 3.00. The van der Waals surface area contributed by atoms with E-state index in [2.05, 4.69) is 9.46 Å². The van der Waals surface area contributed by atoms with Crippen molar-refractivity contribution in [1.82, 2.24) is 4.72 Å². The van der Waals surface area contributed by atoms with E-state index in [1.165, 1.54) is 6.92 Å². The predicted molar refractivity (Wildman–Crippen MR) is 76.1 cm³/mol. The monoisotopic (exact) mass is 333 g/mol. The molecular formula is C13H19NO7S. The van der Waals surface area contributed by atoms with Crippen molar-refractivity contribution in [2.45, 2.75) is 44.2 Å². The second-order valence-corrected chi connectivity index (χ2v) is 6.33. The first-order valence-electron chi connectivity index (χ1n) is 6.66. The van der Waals surface area contributed by atoms with Gasteiger partial charge in [-0.25, -0.2) is 13.2 Å². The summed E-state index contributed by atoms with van der Waals surface area (Å²) in [5, 5.41) is 8.54. The number of ether oxygens (including phenoxy) is 1. The number of esters is 1. The highest BCUT2D eigenvalue weighted by molar-refractivity contribution is 7.89. The quantitative estimate of drug-likeness (QED) is 0.687. The molecule has 1 rings (SSSR count). The van der Waals surface area contributed by atoms with Crippen LogP contribution in [-0.4, -0.2) is 38.6 Å². The topological polar surface area (TPSA) is 123 Å². The lowest BCUT2D eigenvalue weighted by Gasteiger charge is -2.12. The number of furan rings is 1. The Kier molecular flexibility index (Phi) is 6.12. The van der Waals surface area contributed by atoms with Crippen molar-refractivity contribution < 1.29 is 32.3 Å². The Morgan fingerprint density at radius 1 is 1.45 bits per heavy atom. The summed E-state index contributed by atoms with van der Waals surface area (Å²) >= 11 is 0. The van der Waals surface area contributed by atoms with Crippen molar-refractivity contribution in [2.75, 3.05) is 7.11 Å². The zero-order chi connectivity index (χ0) is 16.9. The van der Waals surface area contributed by atoms with Gasteiger partial charge in [0.25, 0.3) is 10.0 Å². The number of nitrogens with one attached hydrogen (secondary N) is 1. The molecule has 0 bridgehead atoms. The van der Waals surface area contributed by atoms with Crippen LogP contribution in [0, 0.1) is 6.92 Å². The van der Waals surface area contributed by atoms with Gasteiger partial charge < -0.3 is 14.3 Å². The molecule has 0 radical (unpaired) electrons. The third-order valence-electron chi connectivity index (χ3n) is 3.01. The Morgan fingerprint density at radius 3 is 2.59 bits per heavy atom. The maximum absolute atomic E-state index is 12.2. The lowest BCUT2D eigenvalue weighted by atomic mass is 10.1. The molecule has 0 aromatic carbocycles. The molecule has 0 saturated carbocycles. The first-order chi connectivity index (χ1) is 10.2. The molecule has 1 unspecified atom stereocenters. The summed E-state index contributed by atoms with van der Waals surface area (Å²) in [7, 11) is -3.02. The average Bonchev–Trinajstić information content (AvgIpc) is 2.85. The maximum Gasteiger partial charge on any atom is 0.341 e. The van der Waals surface area contributed by atoms with Gasteiger partial charge in [0.2, 0.25) is 5.09 Å². The number of hydrogen-bond donors (Lipinski definition) is 2. The SMILES string of the molecule is CCCCC(NS(=O)(=O)c1cc(C(=O)OC)c(C)o1)C(=O)O. The lowest BCUT2D eigenvalue weighted by molar-refractivity contribution is -0.139. The summed E-state index contributed by atoms with van der Waals surface area (Å²) in [6.45, 7) is 3.28. The summed E-state index contributed by atoms with van der Waals surface area (Å²) in [6.07, 6.45) is 1.45. The van der Waals surface area contributed by atoms with Gasteiger partial charge >= 0.3 is 11.9 Å². The van der Waals surface area contributed by atoms with Crippen molar-refractivity contribution in [2.24, 2.45) is 0 Å². The number of carboxylic acids is 1. The molecular weight excluding hydrogens is 314 g/mol. The van der Waals surface area contributed by atoms with Gasteiger partial charge in [0, 0.05) is 6.07 Å². The average molecular weight is 333 g/mol. The minimum absolute atomic E-state index is 0.0247. The van der Waals surface area contributed by atoms with Gasteiger partial charge in [-0.3, -0.25) is 4.79 Å². The van der Waals surface area contributed by atoms with Crippen molar-refractivity contribution >= 4 is 22.0 Å². The number of aliphatic carboxylic acids is 1. The van der Waals surface area contributed by atoms with E-state index in [4.69, 9.17) is 9.52 Å². The third kappa shape index (κ3) is 4.31. The number of carbonyl (C=O) groups excluding carboxylic acids is 1. The van der Waals surface area contributed by atoms with Gasteiger partial charge in [-0.05, 0) is 13.3 Å². The normalized spacial score (nSPS) is 12.9. The molecule has 0 aliphatic carbocycles. The van der Waals surface area contributed by atoms with E-state index in [-0.39, 0.29) is 17.7 Å². The van der Waals surface area contributed by atoms with E-state index in [1.54, 1.807) is 0 Å². The van der Waals surface area contributed by atoms with Crippen molar-refractivity contribution in [3.05, 3.63) is 17.4 Å². The van der Waals surface area contributed by atoms with Crippen LogP contribution in [-0.2, 0) is 19.6 Å². The Bertz CT molecular complexity index is 647. The van der Waals surface area contributed by atoms with E-state index in [9.17, 15) is 18.0 Å². The first-order valence-corrected chi connectivity index (χ1v) is 8.15. The minimum atomic E-state index is -4.18. The molecule has 0 aliphatic rings. The van der Waals surface area contributed by atoms with Crippen LogP contribution in [0.5, 0.6) is 0 Å². The minimum Gasteiger partial charge on any atom is -0.480 e. The van der Waals surface area contributed by atoms with Crippen molar-refractivity contribution in [3.63, 3.8) is 0 Å². The summed E-state index contributed by atoms with van der Waals surface area (Å²) in [5.74, 6) is -1.93. The molecule has 1 atom stereocenters. The predicted octanol–water partition coefficient (Wildman–Crippen LogP) is 1.30. The molecule has 22 heavy (non-hydrogen) atoms. The molecule has 0 amide bonds. The fraction of sp³-hybridized carbons (Fsp3) is 0.538. The molecule has 1 aromatic heterocycles. The van der Waals surface area contributed by atoms with Crippen LogP contribution in [0.1, 0.15) is 42.3 Å². The summed E-state index contributed by atoms with van der Waals surface area (Å²) in [5.41, 5.74) is -0.0247. The van der Waals surface area contributed by atoms with Crippen LogP contribution >= 0.6 is 0 Å². The smallest absolute Gasteiger partial charge is 0.341 e. The zero-order valence-electron chi connectivity index (χ0n) is 12.6. The maximum atomic E-state index is 12.2. The fourth-order valence-electron chi connectivity index (χ4n) is 1.79. The molecule has 0 saturated heterocycles. The second kappa shape index (κ2) is 7.41. The van der Waals surface area contributed by atoms with Crippen LogP contribution in [0.25, 0.3) is 0 Å². The Morgan fingerprint density at radius 2 is 2.09 bits per heavy atom. The van der Waals surface area contributed by atoms with E-state index in [0.29, 0.717) is 6.42 Å². The number of carbonyl (C=O) groups is 2. The van der Waals surface area contributed by atoms with Crippen molar-refractivity contribution in [1.29, 1.82) is 0 Å². The van der Waals surface area contributed by atoms with Crippen LogP contribution in [0.3, 0.4) is 0 Å². The molecule has 124 valence electrons. The van der Waals surface area contributed by atoms with Crippen LogP contribution < -0.4 is 4.72 Å². The van der Waals surface area contributed by atoms with Gasteiger partial charge in [-0.1, -0.05) is 19.8 Å². The van der Waals surface area contributed by atoms with Gasteiger partial charge in [0.05, 0.1) is 7.11 Å². The highest BCUT2D eigenvalue weighted by Crippen LogP contribution is 2.20. The molecule has 8 nitrogen and oxygen atoms in total. The van der Waals surface area contributed by atoms with Gasteiger partial charge in [0.15, 0.2) is 0 Å². The van der Waals surface area contributed by atoms with Gasteiger partial charge in [0.1, 0.15) is 17.4 Å². The Hall–Kier alpha value is -1.87. The summed E-state index contributed by atoms with van der Waals surface area (Å²) in [6, 6.07) is -0.237. The molecule has 1 heterocycles. The molecule has 0 spiro atoms. The van der Waals surface area contributed by atoms with E-state index in [0.717, 1.165) is 19.6 Å². The second-order valence-electron chi connectivity index (χ2n) is 4.68. The lowest BCUT2D eigenvalue weighted by Crippen LogP contribution is -2.40. The van der Waals surface area contributed by atoms with Crippen molar-refractivity contribution in [3.8, 4) is 0 Å². The van der Waals surface area contributed by atoms with E-state index >= 15 is 0 Å². The number of rotatable bonds is 8. The highest BCUT2D eigenvalue weighted by Gasteiger charge is 2.29. The highest BCUT2D eigenvalue weighted by atomic mass is 32.2. The van der Waals surface area contributed by atoms with E-state index in [1.807, 2.05) is 6.92 Å². The number of unbranched alkanes of at least 4 members (excludes halogenated alkanes) is 1. The number of aryl methyl sites for hydroxylation is 1. The van der Waals surface area contributed by atoms with Gasteiger partial charge in [-0.15, -0.1) is 0 Å². The molecule has 2 N–H and O–H groups in total.